The molecule has 0 radical (unpaired) electrons. The van der Waals surface area contributed by atoms with Crippen molar-refractivity contribution in [1.29, 1.82) is 0 Å². The highest BCUT2D eigenvalue weighted by molar-refractivity contribution is 8.04. The molecule has 1 unspecified atom stereocenters. The van der Waals surface area contributed by atoms with Crippen molar-refractivity contribution in [2.75, 3.05) is 18.4 Å². The molecule has 3 rings (SSSR count). The maximum atomic E-state index is 12.8. The smallest absolute Gasteiger partial charge is 0.323 e. The van der Waals surface area contributed by atoms with Crippen LogP contribution in [0.1, 0.15) is 13.8 Å². The number of urea groups is 1. The molecule has 0 spiro atoms. The molecule has 0 saturated carbocycles. The molecule has 1 N–H and O–H groups in total. The van der Waals surface area contributed by atoms with E-state index in [0.717, 1.165) is 0 Å². The van der Waals surface area contributed by atoms with E-state index in [2.05, 4.69) is 5.32 Å². The fourth-order valence-corrected chi connectivity index (χ4v) is 3.77. The Labute approximate surface area is 150 Å². The van der Waals surface area contributed by atoms with Crippen LogP contribution in [-0.4, -0.2) is 51.4 Å². The predicted molar refractivity (Wildman–Crippen MR) is 97.7 cm³/mol. The Bertz CT molecular complexity index is 771. The second-order valence-corrected chi connectivity index (χ2v) is 7.39. The van der Waals surface area contributed by atoms with Crippen molar-refractivity contribution in [2.24, 2.45) is 5.92 Å². The standard InChI is InChI=1S/C18H19N3O3S/c1-12(2)10-21-17(23)16-14(8-9-25-16)20(18(21)24)11-15(22)19-13-6-4-3-5-7-13/h3-9,12,16H,10-11H2,1-2H3/p+1. The molecule has 2 aliphatic rings. The monoisotopic (exact) mass is 358 g/mol. The number of amides is 4. The number of rotatable bonds is 5. The molecule has 0 bridgehead atoms. The molecule has 2 aliphatic heterocycles. The summed E-state index contributed by atoms with van der Waals surface area (Å²) in [6.45, 7) is 4.13. The Kier molecular flexibility index (Phi) is 5.03. The molecule has 0 aliphatic carbocycles. The minimum Gasteiger partial charge on any atom is -0.323 e. The van der Waals surface area contributed by atoms with Crippen LogP contribution in [0.5, 0.6) is 0 Å². The Balaban J connectivity index is 1.83. The van der Waals surface area contributed by atoms with Gasteiger partial charge in [0.2, 0.25) is 0 Å². The van der Waals surface area contributed by atoms with Crippen molar-refractivity contribution in [2.45, 2.75) is 19.1 Å². The van der Waals surface area contributed by atoms with E-state index < -0.39 is 11.3 Å². The Morgan fingerprint density at radius 2 is 2.00 bits per heavy atom. The zero-order chi connectivity index (χ0) is 18.0. The average molecular weight is 358 g/mol. The summed E-state index contributed by atoms with van der Waals surface area (Å²) in [6.07, 6.45) is 1.74. The van der Waals surface area contributed by atoms with Gasteiger partial charge in [0.05, 0.1) is 6.54 Å². The first-order valence-electron chi connectivity index (χ1n) is 8.14. The van der Waals surface area contributed by atoms with Gasteiger partial charge in [-0.3, -0.25) is 4.79 Å². The Hall–Kier alpha value is -2.41. The minimum atomic E-state index is -0.444. The number of benzene rings is 1. The van der Waals surface area contributed by atoms with Crippen LogP contribution in [-0.2, 0) is 9.59 Å². The summed E-state index contributed by atoms with van der Waals surface area (Å²) in [4.78, 5) is 39.0. The molecule has 6 nitrogen and oxygen atoms in total. The van der Waals surface area contributed by atoms with E-state index in [1.54, 1.807) is 23.6 Å². The number of allylic oxidation sites excluding steroid dienone is 1. The highest BCUT2D eigenvalue weighted by atomic mass is 32.2. The van der Waals surface area contributed by atoms with Gasteiger partial charge in [-0.25, -0.2) is 4.79 Å². The van der Waals surface area contributed by atoms with Crippen molar-refractivity contribution in [3.63, 3.8) is 0 Å². The SMILES string of the molecule is CC(C)CN1C(=O)C2SC=CC2=[N+](CC(=O)Nc2ccccc2)C1=O. The van der Waals surface area contributed by atoms with Gasteiger partial charge in [0.25, 0.3) is 5.91 Å². The third kappa shape index (κ3) is 3.66. The van der Waals surface area contributed by atoms with Crippen LogP contribution in [0.3, 0.4) is 0 Å². The molecule has 1 atom stereocenters. The molecular weight excluding hydrogens is 338 g/mol. The number of carbonyl (C=O) groups excluding carboxylic acids is 3. The van der Waals surface area contributed by atoms with Gasteiger partial charge in [-0.2, -0.15) is 14.3 Å². The molecule has 25 heavy (non-hydrogen) atoms. The number of hydrogen-bond donors (Lipinski definition) is 1. The van der Waals surface area contributed by atoms with Gasteiger partial charge in [0.1, 0.15) is 5.71 Å². The maximum Gasteiger partial charge on any atom is 0.501 e. The van der Waals surface area contributed by atoms with E-state index in [-0.39, 0.29) is 24.3 Å². The second-order valence-electron chi connectivity index (χ2n) is 6.37. The van der Waals surface area contributed by atoms with Crippen LogP contribution in [0.15, 0.2) is 41.8 Å². The van der Waals surface area contributed by atoms with E-state index in [4.69, 9.17) is 0 Å². The Morgan fingerprint density at radius 3 is 2.68 bits per heavy atom. The van der Waals surface area contributed by atoms with Crippen molar-refractivity contribution in [3.05, 3.63) is 41.8 Å². The normalized spacial score (nSPS) is 19.6. The number of fused-ring (bicyclic) bond motifs is 1. The molecule has 1 aromatic rings. The third-order valence-corrected chi connectivity index (χ3v) is 4.90. The first kappa shape index (κ1) is 17.4. The van der Waals surface area contributed by atoms with Crippen LogP contribution in [0.2, 0.25) is 0 Å². The summed E-state index contributed by atoms with van der Waals surface area (Å²) < 4.78 is 1.41. The zero-order valence-electron chi connectivity index (χ0n) is 14.1. The lowest BCUT2D eigenvalue weighted by Crippen LogP contribution is -2.57. The molecule has 1 aromatic carbocycles. The van der Waals surface area contributed by atoms with Crippen LogP contribution in [0, 0.1) is 5.92 Å². The van der Waals surface area contributed by atoms with Crippen molar-refractivity contribution >= 4 is 41.0 Å². The zero-order valence-corrected chi connectivity index (χ0v) is 15.0. The molecule has 0 fully saturated rings. The largest absolute Gasteiger partial charge is 0.501 e. The van der Waals surface area contributed by atoms with Gasteiger partial charge >= 0.3 is 11.9 Å². The first-order chi connectivity index (χ1) is 12.0. The highest BCUT2D eigenvalue weighted by Gasteiger charge is 2.49. The summed E-state index contributed by atoms with van der Waals surface area (Å²) in [7, 11) is 0. The van der Waals surface area contributed by atoms with Gasteiger partial charge in [-0.1, -0.05) is 32.0 Å². The lowest BCUT2D eigenvalue weighted by molar-refractivity contribution is -0.426. The molecular formula is C18H20N3O3S+. The van der Waals surface area contributed by atoms with Crippen molar-refractivity contribution in [3.8, 4) is 0 Å². The lowest BCUT2D eigenvalue weighted by Gasteiger charge is -2.25. The van der Waals surface area contributed by atoms with Gasteiger partial charge < -0.3 is 5.32 Å². The highest BCUT2D eigenvalue weighted by Crippen LogP contribution is 2.28. The maximum absolute atomic E-state index is 12.8. The van der Waals surface area contributed by atoms with Gasteiger partial charge in [-0.05, 0) is 29.5 Å². The molecule has 2 heterocycles. The predicted octanol–water partition coefficient (Wildman–Crippen LogP) is 2.33. The third-order valence-electron chi connectivity index (χ3n) is 3.89. The molecule has 0 aromatic heterocycles. The average Bonchev–Trinajstić information content (AvgIpc) is 3.06. The van der Waals surface area contributed by atoms with Crippen LogP contribution >= 0.6 is 11.8 Å². The summed E-state index contributed by atoms with van der Waals surface area (Å²) in [5.74, 6) is -0.341. The van der Waals surface area contributed by atoms with Gasteiger partial charge in [0, 0.05) is 5.69 Å². The quantitative estimate of drug-likeness (QED) is 0.820. The Morgan fingerprint density at radius 1 is 1.28 bits per heavy atom. The van der Waals surface area contributed by atoms with E-state index >= 15 is 0 Å². The van der Waals surface area contributed by atoms with E-state index in [9.17, 15) is 14.4 Å². The molecule has 4 amide bonds. The number of imide groups is 1. The number of anilines is 1. The minimum absolute atomic E-state index is 0.119. The van der Waals surface area contributed by atoms with E-state index in [0.29, 0.717) is 17.9 Å². The number of para-hydroxylation sites is 1. The fraction of sp³-hybridized carbons (Fsp3) is 0.333. The summed E-state index contributed by atoms with van der Waals surface area (Å²) in [6, 6.07) is 8.65. The fourth-order valence-electron chi connectivity index (χ4n) is 2.81. The molecule has 0 saturated heterocycles. The number of carbonyl (C=O) groups is 3. The topological polar surface area (TPSA) is 69.5 Å². The van der Waals surface area contributed by atoms with E-state index in [1.807, 2.05) is 32.0 Å². The molecule has 7 heteroatoms. The summed E-state index contributed by atoms with van der Waals surface area (Å²) >= 11 is 1.37. The second kappa shape index (κ2) is 7.23. The van der Waals surface area contributed by atoms with Gasteiger partial charge in [0.15, 0.2) is 11.8 Å². The van der Waals surface area contributed by atoms with Crippen molar-refractivity contribution in [1.82, 2.24) is 4.90 Å². The van der Waals surface area contributed by atoms with Crippen LogP contribution in [0.25, 0.3) is 0 Å². The van der Waals surface area contributed by atoms with Crippen LogP contribution < -0.4 is 5.32 Å². The summed E-state index contributed by atoms with van der Waals surface area (Å²) in [5, 5.41) is 4.13. The number of nitrogens with zero attached hydrogens (tertiary/aromatic N) is 2. The lowest BCUT2D eigenvalue weighted by atomic mass is 10.1. The van der Waals surface area contributed by atoms with Crippen LogP contribution in [0.4, 0.5) is 10.5 Å². The van der Waals surface area contributed by atoms with Gasteiger partial charge in [-0.15, -0.1) is 11.8 Å². The number of thioether (sulfide) groups is 1. The van der Waals surface area contributed by atoms with E-state index in [1.165, 1.54) is 21.2 Å². The van der Waals surface area contributed by atoms with Crippen molar-refractivity contribution < 1.29 is 19.0 Å². The number of hydrogen-bond acceptors (Lipinski definition) is 4. The first-order valence-corrected chi connectivity index (χ1v) is 9.08. The molecule has 130 valence electrons. The summed E-state index contributed by atoms with van der Waals surface area (Å²) in [5.41, 5.74) is 1.26. The number of nitrogens with one attached hydrogen (secondary N) is 1.